The lowest BCUT2D eigenvalue weighted by atomic mass is 9.80. The lowest BCUT2D eigenvalue weighted by molar-refractivity contribution is 0.0800. The van der Waals surface area contributed by atoms with E-state index in [1.54, 1.807) is 0 Å². The molecule has 3 nitrogen and oxygen atoms in total. The first-order valence-corrected chi connectivity index (χ1v) is 7.28. The summed E-state index contributed by atoms with van der Waals surface area (Å²) in [6, 6.07) is 7.89. The van der Waals surface area contributed by atoms with Crippen molar-refractivity contribution in [2.45, 2.75) is 43.4 Å². The zero-order valence-electron chi connectivity index (χ0n) is 10.3. The largest absolute Gasteiger partial charge is 0.494 e. The second-order valence-electron chi connectivity index (χ2n) is 5.31. The predicted molar refractivity (Wildman–Crippen MR) is 73.7 cm³/mol. The third-order valence-electron chi connectivity index (χ3n) is 4.01. The third-order valence-corrected chi connectivity index (χ3v) is 4.54. The van der Waals surface area contributed by atoms with Crippen molar-refractivity contribution in [1.29, 1.82) is 0 Å². The van der Waals surface area contributed by atoms with Crippen LogP contribution in [0.4, 0.5) is 0 Å². The van der Waals surface area contributed by atoms with Gasteiger partial charge in [0.25, 0.3) is 0 Å². The molecule has 0 saturated carbocycles. The Morgan fingerprint density at radius 2 is 2.11 bits per heavy atom. The van der Waals surface area contributed by atoms with Crippen LogP contribution in [-0.2, 0) is 4.74 Å². The Balaban J connectivity index is 1.51. The number of hydrogen-bond acceptors (Lipinski definition) is 3. The number of ether oxygens (including phenoxy) is 2. The number of rotatable bonds is 4. The molecule has 1 aromatic carbocycles. The van der Waals surface area contributed by atoms with E-state index in [4.69, 9.17) is 15.2 Å². The molecule has 18 heavy (non-hydrogen) atoms. The van der Waals surface area contributed by atoms with Gasteiger partial charge in [-0.2, -0.15) is 0 Å². The van der Waals surface area contributed by atoms with Crippen LogP contribution < -0.4 is 10.5 Å². The fourth-order valence-corrected chi connectivity index (χ4v) is 3.25. The summed E-state index contributed by atoms with van der Waals surface area (Å²) in [5.74, 6) is 0.894. The van der Waals surface area contributed by atoms with Gasteiger partial charge in [-0.15, -0.1) is 0 Å². The lowest BCUT2D eigenvalue weighted by Gasteiger charge is -2.30. The molecule has 1 aromatic rings. The predicted octanol–water partition coefficient (Wildman–Crippen LogP) is 2.87. The molecular weight excluding hydrogens is 294 g/mol. The van der Waals surface area contributed by atoms with Crippen molar-refractivity contribution in [2.75, 3.05) is 6.61 Å². The molecule has 2 heterocycles. The Morgan fingerprint density at radius 1 is 1.33 bits per heavy atom. The summed E-state index contributed by atoms with van der Waals surface area (Å²) in [6.07, 6.45) is 4.78. The van der Waals surface area contributed by atoms with E-state index in [1.807, 2.05) is 24.3 Å². The zero-order chi connectivity index (χ0) is 12.6. The van der Waals surface area contributed by atoms with Gasteiger partial charge in [0.15, 0.2) is 0 Å². The van der Waals surface area contributed by atoms with Crippen molar-refractivity contribution >= 4 is 15.9 Å². The monoisotopic (exact) mass is 311 g/mol. The highest BCUT2D eigenvalue weighted by atomic mass is 79.9. The summed E-state index contributed by atoms with van der Waals surface area (Å²) in [5, 5.41) is 0. The second kappa shape index (κ2) is 4.83. The molecule has 3 atom stereocenters. The van der Waals surface area contributed by atoms with Gasteiger partial charge in [-0.3, -0.25) is 0 Å². The van der Waals surface area contributed by atoms with Crippen molar-refractivity contribution in [2.24, 2.45) is 5.73 Å². The van der Waals surface area contributed by atoms with E-state index in [1.165, 1.54) is 6.42 Å². The number of fused-ring (bicyclic) bond motifs is 2. The van der Waals surface area contributed by atoms with Crippen LogP contribution in [0.5, 0.6) is 5.75 Å². The van der Waals surface area contributed by atoms with Gasteiger partial charge in [-0.05, 0) is 43.5 Å². The smallest absolute Gasteiger partial charge is 0.119 e. The van der Waals surface area contributed by atoms with Gasteiger partial charge in [0.05, 0.1) is 18.8 Å². The van der Waals surface area contributed by atoms with Crippen LogP contribution in [0.3, 0.4) is 0 Å². The van der Waals surface area contributed by atoms with Gasteiger partial charge >= 0.3 is 0 Å². The molecule has 3 unspecified atom stereocenters. The van der Waals surface area contributed by atoms with Crippen molar-refractivity contribution in [3.05, 3.63) is 28.7 Å². The number of benzene rings is 1. The van der Waals surface area contributed by atoms with Crippen LogP contribution in [0.2, 0.25) is 0 Å². The number of nitrogens with two attached hydrogens (primary N) is 1. The molecule has 2 fully saturated rings. The van der Waals surface area contributed by atoms with Crippen LogP contribution >= 0.6 is 15.9 Å². The molecule has 0 amide bonds. The van der Waals surface area contributed by atoms with Crippen LogP contribution in [0.15, 0.2) is 28.7 Å². The maximum atomic E-state index is 6.42. The minimum atomic E-state index is -0.168. The fourth-order valence-electron chi connectivity index (χ4n) is 2.99. The Hall–Kier alpha value is -0.580. The fraction of sp³-hybridized carbons (Fsp3) is 0.571. The number of halogens is 1. The molecule has 2 N–H and O–H groups in total. The second-order valence-corrected chi connectivity index (χ2v) is 6.23. The molecule has 2 bridgehead atoms. The highest BCUT2D eigenvalue weighted by molar-refractivity contribution is 9.10. The molecule has 0 aromatic heterocycles. The normalized spacial score (nSPS) is 33.9. The van der Waals surface area contributed by atoms with E-state index in [-0.39, 0.29) is 11.6 Å². The molecule has 2 saturated heterocycles. The highest BCUT2D eigenvalue weighted by Gasteiger charge is 2.49. The van der Waals surface area contributed by atoms with Gasteiger partial charge in [0.2, 0.25) is 0 Å². The molecule has 3 rings (SSSR count). The summed E-state index contributed by atoms with van der Waals surface area (Å²) >= 11 is 3.41. The lowest BCUT2D eigenvalue weighted by Crippen LogP contribution is -2.49. The van der Waals surface area contributed by atoms with Crippen LogP contribution in [0.25, 0.3) is 0 Å². The molecular formula is C14H18BrNO2. The molecule has 0 radical (unpaired) electrons. The van der Waals surface area contributed by atoms with Gasteiger partial charge in [-0.25, -0.2) is 0 Å². The van der Waals surface area contributed by atoms with E-state index in [9.17, 15) is 0 Å². The quantitative estimate of drug-likeness (QED) is 0.930. The summed E-state index contributed by atoms with van der Waals surface area (Å²) in [7, 11) is 0. The standard InChI is InChI=1S/C14H18BrNO2/c15-10-1-3-11(4-2-10)17-8-7-14(16)9-12-5-6-13(14)18-12/h1-4,12-13H,5-9,16H2. The highest BCUT2D eigenvalue weighted by Crippen LogP contribution is 2.41. The molecule has 0 aliphatic carbocycles. The molecule has 4 heteroatoms. The third kappa shape index (κ3) is 2.42. The van der Waals surface area contributed by atoms with Crippen molar-refractivity contribution < 1.29 is 9.47 Å². The summed E-state index contributed by atoms with van der Waals surface area (Å²) < 4.78 is 12.6. The Bertz CT molecular complexity index is 422. The first kappa shape index (κ1) is 12.5. The number of hydrogen-bond donors (Lipinski definition) is 1. The van der Waals surface area contributed by atoms with Crippen molar-refractivity contribution in [3.8, 4) is 5.75 Å². The average Bonchev–Trinajstić information content (AvgIpc) is 2.92. The topological polar surface area (TPSA) is 44.5 Å². The van der Waals surface area contributed by atoms with E-state index in [0.717, 1.165) is 29.5 Å². The SMILES string of the molecule is NC1(CCOc2ccc(Br)cc2)CC2CCC1O2. The van der Waals surface area contributed by atoms with Gasteiger partial charge in [-0.1, -0.05) is 15.9 Å². The maximum absolute atomic E-state index is 6.42. The Morgan fingerprint density at radius 3 is 2.72 bits per heavy atom. The molecule has 98 valence electrons. The molecule has 2 aliphatic heterocycles. The van der Waals surface area contributed by atoms with Crippen LogP contribution in [-0.4, -0.2) is 24.4 Å². The van der Waals surface area contributed by atoms with Crippen molar-refractivity contribution in [1.82, 2.24) is 0 Å². The van der Waals surface area contributed by atoms with Gasteiger partial charge in [0, 0.05) is 16.4 Å². The van der Waals surface area contributed by atoms with E-state index in [0.29, 0.717) is 12.7 Å². The molecule has 0 spiro atoms. The zero-order valence-corrected chi connectivity index (χ0v) is 11.9. The first-order chi connectivity index (χ1) is 8.66. The van der Waals surface area contributed by atoms with Crippen LogP contribution in [0, 0.1) is 0 Å². The summed E-state index contributed by atoms with van der Waals surface area (Å²) in [6.45, 7) is 0.657. The van der Waals surface area contributed by atoms with Gasteiger partial charge in [0.1, 0.15) is 5.75 Å². The minimum Gasteiger partial charge on any atom is -0.494 e. The average molecular weight is 312 g/mol. The van der Waals surface area contributed by atoms with E-state index < -0.39 is 0 Å². The summed E-state index contributed by atoms with van der Waals surface area (Å²) in [5.41, 5.74) is 6.25. The Kier molecular flexibility index (Phi) is 3.34. The van der Waals surface area contributed by atoms with Crippen LogP contribution in [0.1, 0.15) is 25.7 Å². The molecule has 2 aliphatic rings. The van der Waals surface area contributed by atoms with Gasteiger partial charge < -0.3 is 15.2 Å². The van der Waals surface area contributed by atoms with E-state index in [2.05, 4.69) is 15.9 Å². The Labute approximate surface area is 116 Å². The summed E-state index contributed by atoms with van der Waals surface area (Å²) in [4.78, 5) is 0. The maximum Gasteiger partial charge on any atom is 0.119 e. The first-order valence-electron chi connectivity index (χ1n) is 6.48. The van der Waals surface area contributed by atoms with Crippen molar-refractivity contribution in [3.63, 3.8) is 0 Å². The minimum absolute atomic E-state index is 0.168. The van der Waals surface area contributed by atoms with E-state index >= 15 is 0 Å².